The van der Waals surface area contributed by atoms with Crippen molar-refractivity contribution >= 4 is 11.6 Å². The molecule has 0 aliphatic carbocycles. The number of hydrogen-bond acceptors (Lipinski definition) is 3. The number of benzene rings is 2. The predicted molar refractivity (Wildman–Crippen MR) is 105 cm³/mol. The minimum Gasteiger partial charge on any atom is -0.496 e. The van der Waals surface area contributed by atoms with Crippen LogP contribution >= 0.6 is 0 Å². The number of nitrogens with zero attached hydrogens (tertiary/aromatic N) is 1. The summed E-state index contributed by atoms with van der Waals surface area (Å²) in [6.45, 7) is 2.21. The van der Waals surface area contributed by atoms with Crippen LogP contribution in [0.4, 0.5) is 5.69 Å². The summed E-state index contributed by atoms with van der Waals surface area (Å²) in [6, 6.07) is 10.2. The largest absolute Gasteiger partial charge is 0.496 e. The molecule has 0 radical (unpaired) electrons. The van der Waals surface area contributed by atoms with Crippen LogP contribution in [0.25, 0.3) is 11.1 Å². The van der Waals surface area contributed by atoms with Crippen LogP contribution in [0.3, 0.4) is 0 Å². The van der Waals surface area contributed by atoms with E-state index in [1.165, 1.54) is 18.4 Å². The number of carbonyl (C=O) groups excluding carboxylic acids is 1. The molecule has 0 atom stereocenters. The Labute approximate surface area is 155 Å². The van der Waals surface area contributed by atoms with Crippen molar-refractivity contribution in [2.24, 2.45) is 0 Å². The maximum Gasteiger partial charge on any atom is 0.231 e. The summed E-state index contributed by atoms with van der Waals surface area (Å²) in [7, 11) is 5.20. The number of anilines is 1. The first-order valence-electron chi connectivity index (χ1n) is 9.24. The van der Waals surface area contributed by atoms with Crippen LogP contribution in [0.1, 0.15) is 37.3 Å². The summed E-state index contributed by atoms with van der Waals surface area (Å²) >= 11 is 0. The molecule has 4 nitrogen and oxygen atoms in total. The highest BCUT2D eigenvalue weighted by Gasteiger charge is 2.28. The molecule has 0 spiro atoms. The van der Waals surface area contributed by atoms with E-state index < -0.39 is 0 Å². The van der Waals surface area contributed by atoms with Gasteiger partial charge in [0.2, 0.25) is 5.91 Å². The number of amides is 1. The molecule has 0 saturated carbocycles. The van der Waals surface area contributed by atoms with Crippen LogP contribution in [0.2, 0.25) is 0 Å². The number of aryl methyl sites for hydroxylation is 1. The molecule has 2 aromatic carbocycles. The predicted octanol–water partition coefficient (Wildman–Crippen LogP) is 4.62. The Bertz CT molecular complexity index is 788. The molecule has 1 heterocycles. The van der Waals surface area contributed by atoms with Gasteiger partial charge in [-0.3, -0.25) is 4.79 Å². The van der Waals surface area contributed by atoms with Crippen LogP contribution in [0, 0.1) is 0 Å². The Morgan fingerprint density at radius 3 is 2.38 bits per heavy atom. The van der Waals surface area contributed by atoms with Gasteiger partial charge in [0, 0.05) is 12.7 Å². The van der Waals surface area contributed by atoms with Crippen LogP contribution in [-0.2, 0) is 17.6 Å². The third-order valence-corrected chi connectivity index (χ3v) is 5.12. The van der Waals surface area contributed by atoms with E-state index in [4.69, 9.17) is 9.47 Å². The lowest BCUT2D eigenvalue weighted by molar-refractivity contribution is -0.117. The zero-order chi connectivity index (χ0) is 18.7. The first-order valence-corrected chi connectivity index (χ1v) is 9.24. The molecule has 0 bridgehead atoms. The third kappa shape index (κ3) is 3.28. The summed E-state index contributed by atoms with van der Waals surface area (Å²) in [5, 5.41) is 0. The first-order chi connectivity index (χ1) is 12.6. The maximum absolute atomic E-state index is 12.2. The summed E-state index contributed by atoms with van der Waals surface area (Å²) in [5.41, 5.74) is 5.15. The molecule has 1 amide bonds. The molecule has 0 fully saturated rings. The monoisotopic (exact) mass is 353 g/mol. The molecule has 26 heavy (non-hydrogen) atoms. The summed E-state index contributed by atoms with van der Waals surface area (Å²) in [5.74, 6) is 1.71. The lowest BCUT2D eigenvalue weighted by Crippen LogP contribution is -2.20. The quantitative estimate of drug-likeness (QED) is 0.682. The van der Waals surface area contributed by atoms with Crippen molar-refractivity contribution in [2.45, 2.75) is 39.0 Å². The Morgan fingerprint density at radius 2 is 1.77 bits per heavy atom. The second-order valence-electron chi connectivity index (χ2n) is 6.77. The number of rotatable bonds is 7. The highest BCUT2D eigenvalue weighted by Crippen LogP contribution is 2.45. The molecular formula is C22H27NO3. The van der Waals surface area contributed by atoms with Crippen molar-refractivity contribution in [3.05, 3.63) is 41.5 Å². The van der Waals surface area contributed by atoms with E-state index in [0.717, 1.165) is 46.7 Å². The first kappa shape index (κ1) is 18.3. The fraction of sp³-hybridized carbons (Fsp3) is 0.409. The summed E-state index contributed by atoms with van der Waals surface area (Å²) < 4.78 is 11.4. The van der Waals surface area contributed by atoms with Gasteiger partial charge in [-0.2, -0.15) is 0 Å². The molecule has 0 unspecified atom stereocenters. The average Bonchev–Trinajstić information content (AvgIpc) is 2.95. The van der Waals surface area contributed by atoms with Gasteiger partial charge in [-0.1, -0.05) is 31.9 Å². The van der Waals surface area contributed by atoms with E-state index in [1.807, 2.05) is 25.2 Å². The minimum absolute atomic E-state index is 0.113. The van der Waals surface area contributed by atoms with E-state index in [1.54, 1.807) is 19.1 Å². The lowest BCUT2D eigenvalue weighted by Gasteiger charge is -2.18. The number of fused-ring (bicyclic) bond motifs is 1. The zero-order valence-corrected chi connectivity index (χ0v) is 16.1. The number of hydrogen-bond donors (Lipinski definition) is 0. The van der Waals surface area contributed by atoms with Gasteiger partial charge in [-0.25, -0.2) is 0 Å². The van der Waals surface area contributed by atoms with Gasteiger partial charge in [0.1, 0.15) is 11.5 Å². The van der Waals surface area contributed by atoms with Gasteiger partial charge < -0.3 is 14.4 Å². The topological polar surface area (TPSA) is 38.8 Å². The van der Waals surface area contributed by atoms with Crippen molar-refractivity contribution in [3.8, 4) is 22.6 Å². The molecular weight excluding hydrogens is 326 g/mol. The molecule has 0 saturated heterocycles. The molecule has 3 rings (SSSR count). The highest BCUT2D eigenvalue weighted by molar-refractivity contribution is 6.04. The Morgan fingerprint density at radius 1 is 1.08 bits per heavy atom. The molecule has 2 aromatic rings. The average molecular weight is 353 g/mol. The third-order valence-electron chi connectivity index (χ3n) is 5.12. The molecule has 0 aromatic heterocycles. The maximum atomic E-state index is 12.2. The van der Waals surface area contributed by atoms with Crippen molar-refractivity contribution in [2.75, 3.05) is 26.2 Å². The molecule has 1 aliphatic rings. The zero-order valence-electron chi connectivity index (χ0n) is 16.1. The fourth-order valence-electron chi connectivity index (χ4n) is 3.67. The number of likely N-dealkylation sites (N-methyl/N-ethyl adjacent to an activating group) is 1. The van der Waals surface area contributed by atoms with Gasteiger partial charge >= 0.3 is 0 Å². The van der Waals surface area contributed by atoms with Gasteiger partial charge in [0.15, 0.2) is 0 Å². The fourth-order valence-corrected chi connectivity index (χ4v) is 3.67. The highest BCUT2D eigenvalue weighted by atomic mass is 16.5. The second-order valence-corrected chi connectivity index (χ2v) is 6.77. The van der Waals surface area contributed by atoms with Crippen molar-refractivity contribution in [1.29, 1.82) is 0 Å². The van der Waals surface area contributed by atoms with E-state index >= 15 is 0 Å². The summed E-state index contributed by atoms with van der Waals surface area (Å²) in [4.78, 5) is 13.9. The minimum atomic E-state index is 0.113. The van der Waals surface area contributed by atoms with Crippen molar-refractivity contribution in [1.82, 2.24) is 0 Å². The smallest absolute Gasteiger partial charge is 0.231 e. The van der Waals surface area contributed by atoms with E-state index in [9.17, 15) is 4.79 Å². The standard InChI is InChI=1S/C22H27NO3/c1-5-6-7-9-15-12-19(25-3)22(20(13-15)26-4)16-10-8-11-18-17(16)14-21(24)23(18)2/h8,10-13H,5-7,9,14H2,1-4H3. The number of methoxy groups -OCH3 is 2. The molecule has 1 aliphatic heterocycles. The van der Waals surface area contributed by atoms with Crippen LogP contribution < -0.4 is 14.4 Å². The molecule has 4 heteroatoms. The van der Waals surface area contributed by atoms with Crippen molar-refractivity contribution in [3.63, 3.8) is 0 Å². The van der Waals surface area contributed by atoms with Crippen LogP contribution in [-0.4, -0.2) is 27.2 Å². The number of carbonyl (C=O) groups is 1. The Kier molecular flexibility index (Phi) is 5.50. The lowest BCUT2D eigenvalue weighted by atomic mass is 9.94. The SMILES string of the molecule is CCCCCc1cc(OC)c(-c2cccc3c2CC(=O)N3C)c(OC)c1. The van der Waals surface area contributed by atoms with Gasteiger partial charge in [0.05, 0.1) is 26.2 Å². The van der Waals surface area contributed by atoms with E-state index in [2.05, 4.69) is 19.1 Å². The van der Waals surface area contributed by atoms with Crippen LogP contribution in [0.15, 0.2) is 30.3 Å². The van der Waals surface area contributed by atoms with E-state index in [-0.39, 0.29) is 5.91 Å². The molecule has 138 valence electrons. The Balaban J connectivity index is 2.10. The van der Waals surface area contributed by atoms with Gasteiger partial charge in [-0.15, -0.1) is 0 Å². The second kappa shape index (κ2) is 7.81. The van der Waals surface area contributed by atoms with Crippen LogP contribution in [0.5, 0.6) is 11.5 Å². The Hall–Kier alpha value is -2.49. The number of unbranched alkanes of at least 4 members (excludes halogenated alkanes) is 2. The van der Waals surface area contributed by atoms with Gasteiger partial charge in [-0.05, 0) is 47.7 Å². The normalized spacial score (nSPS) is 13.1. The van der Waals surface area contributed by atoms with Crippen molar-refractivity contribution < 1.29 is 14.3 Å². The number of ether oxygens (including phenoxy) is 2. The summed E-state index contributed by atoms with van der Waals surface area (Å²) in [6.07, 6.45) is 4.99. The van der Waals surface area contributed by atoms with Gasteiger partial charge in [0.25, 0.3) is 0 Å². The molecule has 0 N–H and O–H groups in total. The van der Waals surface area contributed by atoms with E-state index in [0.29, 0.717) is 6.42 Å².